The van der Waals surface area contributed by atoms with Crippen LogP contribution < -0.4 is 5.73 Å². The predicted molar refractivity (Wildman–Crippen MR) is 78.0 cm³/mol. The van der Waals surface area contributed by atoms with Gasteiger partial charge in [-0.2, -0.15) is 0 Å². The average molecular weight is 276 g/mol. The molecule has 19 heavy (non-hydrogen) atoms. The van der Waals surface area contributed by atoms with E-state index in [4.69, 9.17) is 5.73 Å². The molecule has 0 fully saturated rings. The van der Waals surface area contributed by atoms with Crippen molar-refractivity contribution >= 4 is 11.3 Å². The summed E-state index contributed by atoms with van der Waals surface area (Å²) < 4.78 is 2.24. The van der Waals surface area contributed by atoms with Gasteiger partial charge in [-0.1, -0.05) is 13.0 Å². The van der Waals surface area contributed by atoms with Crippen LogP contribution in [0.15, 0.2) is 29.9 Å². The summed E-state index contributed by atoms with van der Waals surface area (Å²) in [7, 11) is 0. The summed E-state index contributed by atoms with van der Waals surface area (Å²) in [6.07, 6.45) is 4.94. The molecule has 2 aromatic heterocycles. The van der Waals surface area contributed by atoms with Crippen LogP contribution in [0.3, 0.4) is 0 Å². The van der Waals surface area contributed by atoms with Gasteiger partial charge >= 0.3 is 0 Å². The molecular formula is C14H20N4S. The fourth-order valence-corrected chi connectivity index (χ4v) is 3.71. The van der Waals surface area contributed by atoms with E-state index in [0.717, 1.165) is 31.9 Å². The van der Waals surface area contributed by atoms with E-state index in [1.54, 1.807) is 11.3 Å². The molecule has 0 aliphatic carbocycles. The predicted octanol–water partition coefficient (Wildman–Crippen LogP) is 2.24. The molecule has 0 aromatic carbocycles. The zero-order valence-electron chi connectivity index (χ0n) is 11.2. The van der Waals surface area contributed by atoms with Gasteiger partial charge in [0.25, 0.3) is 0 Å². The molecule has 0 spiro atoms. The summed E-state index contributed by atoms with van der Waals surface area (Å²) in [5.74, 6) is 1.15. The molecule has 1 aliphatic rings. The fourth-order valence-electron chi connectivity index (χ4n) is 2.77. The second kappa shape index (κ2) is 5.45. The van der Waals surface area contributed by atoms with Crippen molar-refractivity contribution in [2.45, 2.75) is 38.5 Å². The number of fused-ring (bicyclic) bond motifs is 1. The Morgan fingerprint density at radius 1 is 1.47 bits per heavy atom. The Balaban J connectivity index is 1.85. The fraction of sp³-hybridized carbons (Fsp3) is 0.500. The van der Waals surface area contributed by atoms with Crippen LogP contribution in [0.25, 0.3) is 0 Å². The number of hydrogen-bond donors (Lipinski definition) is 1. The molecule has 0 bridgehead atoms. The van der Waals surface area contributed by atoms with Gasteiger partial charge in [0.05, 0.1) is 12.6 Å². The maximum atomic E-state index is 6.37. The van der Waals surface area contributed by atoms with Crippen molar-refractivity contribution in [3.8, 4) is 0 Å². The zero-order valence-corrected chi connectivity index (χ0v) is 12.0. The van der Waals surface area contributed by atoms with Gasteiger partial charge in [0, 0.05) is 36.4 Å². The van der Waals surface area contributed by atoms with Gasteiger partial charge in [-0.25, -0.2) is 4.98 Å². The SMILES string of the molecule is CCC(N)C(c1cccs1)N1CCn2ccnc2C1. The molecule has 3 rings (SSSR count). The Morgan fingerprint density at radius 2 is 2.37 bits per heavy atom. The van der Waals surface area contributed by atoms with E-state index in [9.17, 15) is 0 Å². The van der Waals surface area contributed by atoms with Gasteiger partial charge in [0.1, 0.15) is 5.82 Å². The molecule has 0 saturated carbocycles. The molecule has 5 heteroatoms. The minimum Gasteiger partial charge on any atom is -0.333 e. The summed E-state index contributed by atoms with van der Waals surface area (Å²) in [5, 5.41) is 2.13. The van der Waals surface area contributed by atoms with Crippen molar-refractivity contribution in [3.63, 3.8) is 0 Å². The average Bonchev–Trinajstić information content (AvgIpc) is 3.08. The third kappa shape index (κ3) is 2.45. The standard InChI is InChI=1S/C14H20N4S/c1-2-11(15)14(12-4-3-9-19-12)18-8-7-17-6-5-16-13(17)10-18/h3-6,9,11,14H,2,7-8,10,15H2,1H3. The maximum Gasteiger partial charge on any atom is 0.122 e. The molecule has 0 amide bonds. The first-order chi connectivity index (χ1) is 9.29. The van der Waals surface area contributed by atoms with Crippen molar-refractivity contribution in [1.29, 1.82) is 0 Å². The number of nitrogens with two attached hydrogens (primary N) is 1. The Morgan fingerprint density at radius 3 is 3.11 bits per heavy atom. The van der Waals surface area contributed by atoms with Gasteiger partial charge in [0.2, 0.25) is 0 Å². The molecule has 102 valence electrons. The second-order valence-corrected chi connectivity index (χ2v) is 6.02. The highest BCUT2D eigenvalue weighted by Gasteiger charge is 2.29. The molecule has 4 nitrogen and oxygen atoms in total. The number of imidazole rings is 1. The number of hydrogen-bond acceptors (Lipinski definition) is 4. The smallest absolute Gasteiger partial charge is 0.122 e. The highest BCUT2D eigenvalue weighted by atomic mass is 32.1. The lowest BCUT2D eigenvalue weighted by molar-refractivity contribution is 0.132. The number of rotatable bonds is 4. The third-order valence-corrected chi connectivity index (χ3v) is 4.82. The normalized spacial score (nSPS) is 19.1. The van der Waals surface area contributed by atoms with Crippen LogP contribution in [0.4, 0.5) is 0 Å². The van der Waals surface area contributed by atoms with Crippen LogP contribution in [0.1, 0.15) is 30.1 Å². The third-order valence-electron chi connectivity index (χ3n) is 3.88. The summed E-state index contributed by atoms with van der Waals surface area (Å²) in [4.78, 5) is 8.28. The Bertz CT molecular complexity index is 519. The quantitative estimate of drug-likeness (QED) is 0.931. The maximum absolute atomic E-state index is 6.37. The van der Waals surface area contributed by atoms with E-state index in [-0.39, 0.29) is 6.04 Å². The first-order valence-electron chi connectivity index (χ1n) is 6.82. The molecular weight excluding hydrogens is 256 g/mol. The molecule has 0 saturated heterocycles. The van der Waals surface area contributed by atoms with E-state index >= 15 is 0 Å². The summed E-state index contributed by atoms with van der Waals surface area (Å²) in [5.41, 5.74) is 6.37. The van der Waals surface area contributed by atoms with Crippen LogP contribution >= 0.6 is 11.3 Å². The minimum atomic E-state index is 0.181. The van der Waals surface area contributed by atoms with Crippen molar-refractivity contribution in [3.05, 3.63) is 40.6 Å². The number of aromatic nitrogens is 2. The lowest BCUT2D eigenvalue weighted by Crippen LogP contribution is -2.44. The summed E-state index contributed by atoms with van der Waals surface area (Å²) >= 11 is 1.80. The van der Waals surface area contributed by atoms with Crippen molar-refractivity contribution < 1.29 is 0 Å². The number of thiophene rings is 1. The minimum absolute atomic E-state index is 0.181. The first kappa shape index (κ1) is 12.8. The van der Waals surface area contributed by atoms with E-state index in [1.807, 2.05) is 6.20 Å². The van der Waals surface area contributed by atoms with Crippen LogP contribution in [0.2, 0.25) is 0 Å². The summed E-state index contributed by atoms with van der Waals surface area (Å²) in [6.45, 7) is 5.10. The van der Waals surface area contributed by atoms with Gasteiger partial charge < -0.3 is 10.3 Å². The molecule has 2 N–H and O–H groups in total. The van der Waals surface area contributed by atoms with Crippen LogP contribution in [-0.2, 0) is 13.1 Å². The molecule has 1 aliphatic heterocycles. The second-order valence-electron chi connectivity index (χ2n) is 5.04. The van der Waals surface area contributed by atoms with E-state index < -0.39 is 0 Å². The van der Waals surface area contributed by atoms with Gasteiger partial charge in [-0.15, -0.1) is 11.3 Å². The van der Waals surface area contributed by atoms with Gasteiger partial charge in [-0.3, -0.25) is 4.90 Å². The van der Waals surface area contributed by atoms with Crippen molar-refractivity contribution in [1.82, 2.24) is 14.5 Å². The van der Waals surface area contributed by atoms with Gasteiger partial charge in [0.15, 0.2) is 0 Å². The van der Waals surface area contributed by atoms with E-state index in [0.29, 0.717) is 6.04 Å². The molecule has 2 atom stereocenters. The monoisotopic (exact) mass is 276 g/mol. The van der Waals surface area contributed by atoms with Gasteiger partial charge in [-0.05, 0) is 17.9 Å². The highest BCUT2D eigenvalue weighted by Crippen LogP contribution is 2.31. The zero-order chi connectivity index (χ0) is 13.2. The van der Waals surface area contributed by atoms with E-state index in [1.165, 1.54) is 4.88 Å². The largest absolute Gasteiger partial charge is 0.333 e. The topological polar surface area (TPSA) is 47.1 Å². The lowest BCUT2D eigenvalue weighted by atomic mass is 10.0. The molecule has 3 heterocycles. The molecule has 0 radical (unpaired) electrons. The van der Waals surface area contributed by atoms with Crippen LogP contribution in [0.5, 0.6) is 0 Å². The van der Waals surface area contributed by atoms with Crippen LogP contribution in [0, 0.1) is 0 Å². The Kier molecular flexibility index (Phi) is 3.68. The first-order valence-corrected chi connectivity index (χ1v) is 7.70. The van der Waals surface area contributed by atoms with E-state index in [2.05, 4.69) is 45.1 Å². The number of nitrogens with zero attached hydrogens (tertiary/aromatic N) is 3. The van der Waals surface area contributed by atoms with Crippen LogP contribution in [-0.4, -0.2) is 27.0 Å². The summed E-state index contributed by atoms with van der Waals surface area (Å²) in [6, 6.07) is 4.81. The van der Waals surface area contributed by atoms with Crippen molar-refractivity contribution in [2.75, 3.05) is 6.54 Å². The molecule has 2 aromatic rings. The Labute approximate surface area is 117 Å². The van der Waals surface area contributed by atoms with Crippen molar-refractivity contribution in [2.24, 2.45) is 5.73 Å². The molecule has 2 unspecified atom stereocenters. The Hall–Kier alpha value is -1.17. The highest BCUT2D eigenvalue weighted by molar-refractivity contribution is 7.10. The lowest BCUT2D eigenvalue weighted by Gasteiger charge is -2.37.